The molecule has 2 unspecified atom stereocenters. The van der Waals surface area contributed by atoms with Crippen molar-refractivity contribution in [3.63, 3.8) is 0 Å². The zero-order chi connectivity index (χ0) is 18.1. The fourth-order valence-electron chi connectivity index (χ4n) is 3.15. The Morgan fingerprint density at radius 1 is 1.31 bits per heavy atom. The molecular weight excluding hydrogens is 334 g/mol. The largest absolute Gasteiger partial charge is 0.508 e. The van der Waals surface area contributed by atoms with Crippen molar-refractivity contribution < 1.29 is 14.4 Å². The number of likely N-dealkylation sites (N-methyl/N-ethyl adjacent to an activating group) is 1. The Hall–Kier alpha value is -2.45. The van der Waals surface area contributed by atoms with E-state index in [2.05, 4.69) is 21.0 Å². The summed E-state index contributed by atoms with van der Waals surface area (Å²) in [4.78, 5) is 18.7. The van der Waals surface area contributed by atoms with Crippen molar-refractivity contribution in [1.29, 1.82) is 0 Å². The smallest absolute Gasteiger partial charge is 0.240 e. The molecule has 8 nitrogen and oxygen atoms in total. The van der Waals surface area contributed by atoms with Crippen LogP contribution in [0.25, 0.3) is 0 Å². The van der Waals surface area contributed by atoms with Gasteiger partial charge in [-0.2, -0.15) is 4.98 Å². The Morgan fingerprint density at radius 3 is 2.81 bits per heavy atom. The first kappa shape index (κ1) is 17.0. The van der Waals surface area contributed by atoms with Gasteiger partial charge in [0, 0.05) is 32.0 Å². The highest BCUT2D eigenvalue weighted by atomic mass is 16.5. The molecule has 3 N–H and O–H groups in total. The highest BCUT2D eigenvalue weighted by molar-refractivity contribution is 5.82. The van der Waals surface area contributed by atoms with Crippen molar-refractivity contribution in [2.75, 3.05) is 13.6 Å². The lowest BCUT2D eigenvalue weighted by Crippen LogP contribution is -2.44. The third-order valence-electron chi connectivity index (χ3n) is 4.95. The van der Waals surface area contributed by atoms with Gasteiger partial charge in [-0.25, -0.2) is 10.9 Å². The Kier molecular flexibility index (Phi) is 4.60. The molecular formula is C18H23N5O3. The van der Waals surface area contributed by atoms with Crippen LogP contribution < -0.4 is 10.9 Å². The van der Waals surface area contributed by atoms with E-state index in [9.17, 15) is 9.90 Å². The van der Waals surface area contributed by atoms with Gasteiger partial charge >= 0.3 is 0 Å². The van der Waals surface area contributed by atoms with Crippen molar-refractivity contribution in [2.45, 2.75) is 43.7 Å². The average molecular weight is 357 g/mol. The second kappa shape index (κ2) is 7.05. The van der Waals surface area contributed by atoms with Crippen LogP contribution >= 0.6 is 0 Å². The van der Waals surface area contributed by atoms with Gasteiger partial charge in [-0.05, 0) is 37.0 Å². The monoisotopic (exact) mass is 357 g/mol. The highest BCUT2D eigenvalue weighted by Crippen LogP contribution is 2.38. The van der Waals surface area contributed by atoms with Crippen LogP contribution in [0.15, 0.2) is 28.8 Å². The van der Waals surface area contributed by atoms with Gasteiger partial charge in [0.25, 0.3) is 0 Å². The molecule has 1 saturated heterocycles. The van der Waals surface area contributed by atoms with Crippen molar-refractivity contribution in [3.8, 4) is 5.75 Å². The van der Waals surface area contributed by atoms with Gasteiger partial charge < -0.3 is 14.5 Å². The Morgan fingerprint density at radius 2 is 2.08 bits per heavy atom. The first-order chi connectivity index (χ1) is 12.6. The number of phenolic OH excluding ortho intramolecular Hbond substituents is 1. The molecule has 0 spiro atoms. The number of hydrazine groups is 1. The molecule has 8 heteroatoms. The van der Waals surface area contributed by atoms with Crippen LogP contribution in [-0.4, -0.2) is 45.7 Å². The summed E-state index contributed by atoms with van der Waals surface area (Å²) in [6, 6.07) is 6.78. The molecule has 4 rings (SSSR count). The zero-order valence-electron chi connectivity index (χ0n) is 14.7. The second-order valence-electron chi connectivity index (χ2n) is 7.05. The van der Waals surface area contributed by atoms with Gasteiger partial charge in [0.1, 0.15) is 11.8 Å². The van der Waals surface area contributed by atoms with E-state index in [-0.39, 0.29) is 23.7 Å². The van der Waals surface area contributed by atoms with Crippen molar-refractivity contribution in [2.24, 2.45) is 0 Å². The molecule has 26 heavy (non-hydrogen) atoms. The summed E-state index contributed by atoms with van der Waals surface area (Å²) >= 11 is 0. The number of nitrogens with one attached hydrogen (secondary N) is 2. The number of rotatable bonds is 6. The number of hydrogen-bond acceptors (Lipinski definition) is 7. The van der Waals surface area contributed by atoms with Crippen LogP contribution in [0, 0.1) is 0 Å². The number of benzene rings is 1. The third kappa shape index (κ3) is 3.71. The minimum Gasteiger partial charge on any atom is -0.508 e. The summed E-state index contributed by atoms with van der Waals surface area (Å²) < 4.78 is 5.25. The van der Waals surface area contributed by atoms with Gasteiger partial charge in [-0.1, -0.05) is 17.3 Å². The van der Waals surface area contributed by atoms with Crippen LogP contribution in [-0.2, 0) is 11.2 Å². The SMILES string of the molecule is CN(CCc1noc(C2CC2)n1)C(=O)C1CC(c2ccc(O)cc2)NN1. The quantitative estimate of drug-likeness (QED) is 0.715. The van der Waals surface area contributed by atoms with Crippen LogP contribution in [0.3, 0.4) is 0 Å². The predicted octanol–water partition coefficient (Wildman–Crippen LogP) is 1.26. The molecule has 138 valence electrons. The van der Waals surface area contributed by atoms with Crippen LogP contribution in [0.2, 0.25) is 0 Å². The summed E-state index contributed by atoms with van der Waals surface area (Å²) in [6.07, 6.45) is 3.49. The molecule has 2 fully saturated rings. The van der Waals surface area contributed by atoms with Gasteiger partial charge in [0.15, 0.2) is 5.82 Å². The zero-order valence-corrected chi connectivity index (χ0v) is 14.7. The lowest BCUT2D eigenvalue weighted by molar-refractivity contribution is -0.131. The van der Waals surface area contributed by atoms with E-state index in [1.54, 1.807) is 24.1 Å². The van der Waals surface area contributed by atoms with E-state index < -0.39 is 0 Å². The van der Waals surface area contributed by atoms with E-state index in [1.165, 1.54) is 0 Å². The summed E-state index contributed by atoms with van der Waals surface area (Å²) in [5.41, 5.74) is 7.26. The number of carbonyl (C=O) groups excluding carboxylic acids is 1. The molecule has 1 amide bonds. The number of hydrogen-bond donors (Lipinski definition) is 3. The molecule has 1 aromatic heterocycles. The van der Waals surface area contributed by atoms with E-state index in [4.69, 9.17) is 4.52 Å². The number of aromatic hydroxyl groups is 1. The fraction of sp³-hybridized carbons (Fsp3) is 0.500. The molecule has 1 saturated carbocycles. The maximum atomic E-state index is 12.6. The Labute approximate surface area is 151 Å². The van der Waals surface area contributed by atoms with Crippen LogP contribution in [0.5, 0.6) is 5.75 Å². The summed E-state index contributed by atoms with van der Waals surface area (Å²) in [7, 11) is 1.79. The van der Waals surface area contributed by atoms with E-state index >= 15 is 0 Å². The predicted molar refractivity (Wildman–Crippen MR) is 93.1 cm³/mol. The summed E-state index contributed by atoms with van der Waals surface area (Å²) in [5.74, 6) is 2.10. The molecule has 0 bridgehead atoms. The maximum absolute atomic E-state index is 12.6. The first-order valence-electron chi connectivity index (χ1n) is 8.97. The van der Waals surface area contributed by atoms with Crippen LogP contribution in [0.4, 0.5) is 0 Å². The van der Waals surface area contributed by atoms with Crippen molar-refractivity contribution >= 4 is 5.91 Å². The Balaban J connectivity index is 1.28. The standard InChI is InChI=1S/C18H23N5O3/c1-23(9-8-16-19-17(26-22-16)12-2-3-12)18(25)15-10-14(20-21-15)11-4-6-13(24)7-5-11/h4-7,12,14-15,20-21,24H,2-3,8-10H2,1H3. The lowest BCUT2D eigenvalue weighted by atomic mass is 10.0. The fourth-order valence-corrected chi connectivity index (χ4v) is 3.15. The highest BCUT2D eigenvalue weighted by Gasteiger charge is 2.32. The molecule has 1 aliphatic carbocycles. The molecule has 1 aliphatic heterocycles. The topological polar surface area (TPSA) is 104 Å². The third-order valence-corrected chi connectivity index (χ3v) is 4.95. The average Bonchev–Trinajstić information content (AvgIpc) is 3.19. The van der Waals surface area contributed by atoms with Crippen LogP contribution in [0.1, 0.15) is 48.5 Å². The molecule has 2 aromatic rings. The normalized spacial score (nSPS) is 22.5. The molecule has 2 aliphatic rings. The molecule has 0 radical (unpaired) electrons. The summed E-state index contributed by atoms with van der Waals surface area (Å²) in [6.45, 7) is 0.546. The van der Waals surface area contributed by atoms with Gasteiger partial charge in [0.2, 0.25) is 11.8 Å². The number of aromatic nitrogens is 2. The number of phenols is 1. The second-order valence-corrected chi connectivity index (χ2v) is 7.05. The lowest BCUT2D eigenvalue weighted by Gasteiger charge is -2.20. The van der Waals surface area contributed by atoms with Gasteiger partial charge in [-0.3, -0.25) is 4.79 Å². The van der Waals surface area contributed by atoms with E-state index in [0.717, 1.165) is 24.3 Å². The molecule has 2 atom stereocenters. The van der Waals surface area contributed by atoms with Gasteiger partial charge in [0.05, 0.1) is 0 Å². The number of nitrogens with zero attached hydrogens (tertiary/aromatic N) is 3. The Bertz CT molecular complexity index is 771. The van der Waals surface area contributed by atoms with Crippen molar-refractivity contribution in [3.05, 3.63) is 41.5 Å². The van der Waals surface area contributed by atoms with E-state index in [1.807, 2.05) is 12.1 Å². The maximum Gasteiger partial charge on any atom is 0.240 e. The minimum atomic E-state index is -0.286. The minimum absolute atomic E-state index is 0.0321. The number of amides is 1. The summed E-state index contributed by atoms with van der Waals surface area (Å²) in [5, 5.41) is 13.4. The van der Waals surface area contributed by atoms with Gasteiger partial charge in [-0.15, -0.1) is 0 Å². The van der Waals surface area contributed by atoms with E-state index in [0.29, 0.717) is 31.1 Å². The molecule has 1 aromatic carbocycles. The van der Waals surface area contributed by atoms with Crippen molar-refractivity contribution in [1.82, 2.24) is 25.9 Å². The first-order valence-corrected chi connectivity index (χ1v) is 8.97. The molecule has 2 heterocycles. The number of carbonyl (C=O) groups is 1.